The van der Waals surface area contributed by atoms with E-state index in [1.54, 1.807) is 42.6 Å². The second-order valence-corrected chi connectivity index (χ2v) is 6.92. The molecule has 156 valence electrons. The van der Waals surface area contributed by atoms with Crippen LogP contribution in [-0.4, -0.2) is 30.1 Å². The Morgan fingerprint density at radius 1 is 0.935 bits per heavy atom. The molecule has 6 heteroatoms. The smallest absolute Gasteiger partial charge is 0.265 e. The summed E-state index contributed by atoms with van der Waals surface area (Å²) in [6, 6.07) is 22.0. The SMILES string of the molecule is COc1ccc(OC)c(-n2c(O)c(C=NCc3ccccc3)c3ccccc3c2=O)c1. The van der Waals surface area contributed by atoms with E-state index in [4.69, 9.17) is 9.47 Å². The van der Waals surface area contributed by atoms with Gasteiger partial charge in [-0.25, -0.2) is 4.57 Å². The summed E-state index contributed by atoms with van der Waals surface area (Å²) in [5, 5.41) is 12.3. The van der Waals surface area contributed by atoms with Gasteiger partial charge >= 0.3 is 0 Å². The van der Waals surface area contributed by atoms with Crippen LogP contribution in [0.3, 0.4) is 0 Å². The van der Waals surface area contributed by atoms with Crippen LogP contribution in [-0.2, 0) is 6.54 Å². The van der Waals surface area contributed by atoms with Crippen molar-refractivity contribution in [1.82, 2.24) is 4.57 Å². The lowest BCUT2D eigenvalue weighted by Gasteiger charge is -2.17. The second-order valence-electron chi connectivity index (χ2n) is 6.92. The van der Waals surface area contributed by atoms with Crippen molar-refractivity contribution >= 4 is 17.0 Å². The summed E-state index contributed by atoms with van der Waals surface area (Å²) in [7, 11) is 3.05. The summed E-state index contributed by atoms with van der Waals surface area (Å²) in [5.74, 6) is 0.752. The Morgan fingerprint density at radius 2 is 1.65 bits per heavy atom. The molecule has 1 N–H and O–H groups in total. The van der Waals surface area contributed by atoms with Crippen molar-refractivity contribution in [3.05, 3.63) is 94.3 Å². The number of nitrogens with zero attached hydrogens (tertiary/aromatic N) is 2. The van der Waals surface area contributed by atoms with E-state index >= 15 is 0 Å². The number of rotatable bonds is 6. The largest absolute Gasteiger partial charge is 0.497 e. The highest BCUT2D eigenvalue weighted by Gasteiger charge is 2.19. The molecule has 0 saturated heterocycles. The van der Waals surface area contributed by atoms with Crippen LogP contribution in [0.25, 0.3) is 16.5 Å². The van der Waals surface area contributed by atoms with Crippen LogP contribution in [0, 0.1) is 0 Å². The molecule has 6 nitrogen and oxygen atoms in total. The number of methoxy groups -OCH3 is 2. The fraction of sp³-hybridized carbons (Fsp3) is 0.120. The van der Waals surface area contributed by atoms with E-state index in [0.717, 1.165) is 5.56 Å². The van der Waals surface area contributed by atoms with Gasteiger partial charge in [-0.2, -0.15) is 0 Å². The standard InChI is InChI=1S/C25H22N2O4/c1-30-18-12-13-23(31-2)22(14-18)27-24(28)20-11-7-6-10-19(20)21(25(27)29)16-26-15-17-8-4-3-5-9-17/h3-14,16,29H,15H2,1-2H3. The molecule has 0 atom stereocenters. The van der Waals surface area contributed by atoms with E-state index in [2.05, 4.69) is 4.99 Å². The maximum Gasteiger partial charge on any atom is 0.265 e. The van der Waals surface area contributed by atoms with Gasteiger partial charge in [0, 0.05) is 23.1 Å². The summed E-state index contributed by atoms with van der Waals surface area (Å²) in [4.78, 5) is 17.8. The summed E-state index contributed by atoms with van der Waals surface area (Å²) in [6.07, 6.45) is 1.60. The molecule has 4 rings (SSSR count). The minimum Gasteiger partial charge on any atom is -0.497 e. The van der Waals surface area contributed by atoms with Gasteiger partial charge in [-0.1, -0.05) is 48.5 Å². The third-order valence-corrected chi connectivity index (χ3v) is 5.07. The number of aromatic nitrogens is 1. The lowest BCUT2D eigenvalue weighted by Crippen LogP contribution is -2.20. The van der Waals surface area contributed by atoms with Crippen molar-refractivity contribution in [1.29, 1.82) is 0 Å². The third-order valence-electron chi connectivity index (χ3n) is 5.07. The van der Waals surface area contributed by atoms with Gasteiger partial charge in [0.1, 0.15) is 11.5 Å². The minimum absolute atomic E-state index is 0.216. The van der Waals surface area contributed by atoms with Gasteiger partial charge in [0.05, 0.1) is 32.0 Å². The van der Waals surface area contributed by atoms with Crippen LogP contribution in [0.2, 0.25) is 0 Å². The summed E-state index contributed by atoms with van der Waals surface area (Å²) >= 11 is 0. The predicted octanol–water partition coefficient (Wildman–Crippen LogP) is 4.33. The van der Waals surface area contributed by atoms with Crippen LogP contribution in [0.4, 0.5) is 0 Å². The number of aromatic hydroxyl groups is 1. The first kappa shape index (κ1) is 20.2. The van der Waals surface area contributed by atoms with Crippen LogP contribution in [0.1, 0.15) is 11.1 Å². The first-order chi connectivity index (χ1) is 15.1. The molecule has 4 aromatic rings. The number of pyridine rings is 1. The molecule has 0 bridgehead atoms. The number of aliphatic imine (C=N–C) groups is 1. The lowest BCUT2D eigenvalue weighted by molar-refractivity contribution is 0.395. The second kappa shape index (κ2) is 8.75. The van der Waals surface area contributed by atoms with Crippen molar-refractivity contribution in [2.24, 2.45) is 4.99 Å². The van der Waals surface area contributed by atoms with E-state index in [1.807, 2.05) is 36.4 Å². The molecule has 0 fully saturated rings. The molecule has 0 aliphatic rings. The Kier molecular flexibility index (Phi) is 5.71. The maximum absolute atomic E-state index is 13.3. The van der Waals surface area contributed by atoms with E-state index in [9.17, 15) is 9.90 Å². The molecule has 0 spiro atoms. The van der Waals surface area contributed by atoms with Crippen LogP contribution in [0.5, 0.6) is 17.4 Å². The Hall–Kier alpha value is -4.06. The highest BCUT2D eigenvalue weighted by molar-refractivity contribution is 6.01. The van der Waals surface area contributed by atoms with E-state index < -0.39 is 0 Å². The summed E-state index contributed by atoms with van der Waals surface area (Å²) < 4.78 is 12.0. The number of ether oxygens (including phenoxy) is 2. The van der Waals surface area contributed by atoms with E-state index in [1.165, 1.54) is 18.8 Å². The van der Waals surface area contributed by atoms with Gasteiger partial charge in [-0.3, -0.25) is 9.79 Å². The molecule has 0 saturated carbocycles. The van der Waals surface area contributed by atoms with Crippen molar-refractivity contribution in [3.8, 4) is 23.1 Å². The molecular weight excluding hydrogens is 392 g/mol. The molecule has 1 aromatic heterocycles. The summed E-state index contributed by atoms with van der Waals surface area (Å²) in [5.41, 5.74) is 1.52. The van der Waals surface area contributed by atoms with E-state index in [0.29, 0.717) is 40.1 Å². The maximum atomic E-state index is 13.3. The molecule has 0 unspecified atom stereocenters. The molecule has 3 aromatic carbocycles. The Bertz CT molecular complexity index is 1310. The summed E-state index contributed by atoms with van der Waals surface area (Å²) in [6.45, 7) is 0.455. The Morgan fingerprint density at radius 3 is 2.35 bits per heavy atom. The fourth-order valence-electron chi connectivity index (χ4n) is 3.51. The monoisotopic (exact) mass is 414 g/mol. The molecule has 0 radical (unpaired) electrons. The zero-order valence-electron chi connectivity index (χ0n) is 17.3. The first-order valence-corrected chi connectivity index (χ1v) is 9.77. The zero-order valence-corrected chi connectivity index (χ0v) is 17.3. The number of benzene rings is 3. The van der Waals surface area contributed by atoms with Gasteiger partial charge in [-0.15, -0.1) is 0 Å². The van der Waals surface area contributed by atoms with Crippen molar-refractivity contribution < 1.29 is 14.6 Å². The molecule has 0 amide bonds. The number of hydrogen-bond donors (Lipinski definition) is 1. The highest BCUT2D eigenvalue weighted by atomic mass is 16.5. The molecule has 1 heterocycles. The highest BCUT2D eigenvalue weighted by Crippen LogP contribution is 2.32. The predicted molar refractivity (Wildman–Crippen MR) is 122 cm³/mol. The third kappa shape index (κ3) is 3.88. The van der Waals surface area contributed by atoms with E-state index in [-0.39, 0.29) is 11.4 Å². The van der Waals surface area contributed by atoms with Crippen molar-refractivity contribution in [2.75, 3.05) is 14.2 Å². The molecule has 0 aliphatic heterocycles. The zero-order chi connectivity index (χ0) is 21.8. The average Bonchev–Trinajstić information content (AvgIpc) is 2.82. The first-order valence-electron chi connectivity index (χ1n) is 9.77. The lowest BCUT2D eigenvalue weighted by atomic mass is 10.1. The van der Waals surface area contributed by atoms with Crippen LogP contribution < -0.4 is 15.0 Å². The van der Waals surface area contributed by atoms with Gasteiger partial charge in [-0.05, 0) is 23.8 Å². The Labute approximate surface area is 179 Å². The van der Waals surface area contributed by atoms with Crippen LogP contribution in [0.15, 0.2) is 82.6 Å². The topological polar surface area (TPSA) is 73.1 Å². The van der Waals surface area contributed by atoms with Crippen LogP contribution >= 0.6 is 0 Å². The van der Waals surface area contributed by atoms with Gasteiger partial charge in [0.2, 0.25) is 5.88 Å². The molecule has 0 aliphatic carbocycles. The molecule has 31 heavy (non-hydrogen) atoms. The number of fused-ring (bicyclic) bond motifs is 1. The number of hydrogen-bond acceptors (Lipinski definition) is 5. The van der Waals surface area contributed by atoms with Crippen molar-refractivity contribution in [3.63, 3.8) is 0 Å². The quantitative estimate of drug-likeness (QED) is 0.477. The van der Waals surface area contributed by atoms with Gasteiger partial charge in [0.15, 0.2) is 0 Å². The minimum atomic E-state index is -0.361. The van der Waals surface area contributed by atoms with Gasteiger partial charge in [0.25, 0.3) is 5.56 Å². The Balaban J connectivity index is 1.93. The van der Waals surface area contributed by atoms with Gasteiger partial charge < -0.3 is 14.6 Å². The normalized spacial score (nSPS) is 11.2. The average molecular weight is 414 g/mol. The fourth-order valence-corrected chi connectivity index (χ4v) is 3.51. The van der Waals surface area contributed by atoms with Crippen molar-refractivity contribution in [2.45, 2.75) is 6.54 Å². The molecular formula is C25H22N2O4.